The van der Waals surface area contributed by atoms with Crippen molar-refractivity contribution in [2.75, 3.05) is 0 Å². The van der Waals surface area contributed by atoms with Gasteiger partial charge in [-0.05, 0) is 12.0 Å². The van der Waals surface area contributed by atoms with Crippen LogP contribution in [0, 0.1) is 0 Å². The molecule has 13 heavy (non-hydrogen) atoms. The number of rotatable bonds is 1. The molecule has 0 aromatic carbocycles. The molecule has 2 nitrogen and oxygen atoms in total. The zero-order chi connectivity index (χ0) is 9.42. The highest BCUT2D eigenvalue weighted by Crippen LogP contribution is 2.28. The standard InChI is InChI=1S/C11H14N2/c1-7(2)11-10-6-13-8(3)9(10)4-5-12-11/h4-5,7,13H,3,6H2,1-2H3. The Morgan fingerprint density at radius 3 is 3.00 bits per heavy atom. The van der Waals surface area contributed by atoms with Crippen molar-refractivity contribution >= 4 is 5.70 Å². The summed E-state index contributed by atoms with van der Waals surface area (Å²) in [7, 11) is 0. The van der Waals surface area contributed by atoms with Crippen LogP contribution >= 0.6 is 0 Å². The number of nitrogens with one attached hydrogen (secondary N) is 1. The maximum Gasteiger partial charge on any atom is 0.0485 e. The van der Waals surface area contributed by atoms with E-state index in [1.807, 2.05) is 12.3 Å². The molecule has 1 aromatic rings. The first-order valence-corrected chi connectivity index (χ1v) is 4.61. The van der Waals surface area contributed by atoms with Gasteiger partial charge in [-0.3, -0.25) is 4.98 Å². The Balaban J connectivity index is 2.57. The van der Waals surface area contributed by atoms with Crippen molar-refractivity contribution < 1.29 is 0 Å². The molecule has 0 saturated carbocycles. The third-order valence-corrected chi connectivity index (χ3v) is 2.44. The fraction of sp³-hybridized carbons (Fsp3) is 0.364. The topological polar surface area (TPSA) is 24.9 Å². The van der Waals surface area contributed by atoms with Gasteiger partial charge in [0.15, 0.2) is 0 Å². The molecular weight excluding hydrogens is 160 g/mol. The molecule has 1 aliphatic heterocycles. The molecular formula is C11H14N2. The van der Waals surface area contributed by atoms with Crippen molar-refractivity contribution in [2.45, 2.75) is 26.3 Å². The predicted octanol–water partition coefficient (Wildman–Crippen LogP) is 2.28. The molecule has 2 heterocycles. The molecule has 0 aliphatic carbocycles. The van der Waals surface area contributed by atoms with Crippen molar-refractivity contribution in [3.8, 4) is 0 Å². The highest BCUT2D eigenvalue weighted by Gasteiger charge is 2.18. The van der Waals surface area contributed by atoms with E-state index < -0.39 is 0 Å². The largest absolute Gasteiger partial charge is 0.381 e. The van der Waals surface area contributed by atoms with Crippen LogP contribution in [0.15, 0.2) is 18.8 Å². The monoisotopic (exact) mass is 174 g/mol. The average Bonchev–Trinajstić information content (AvgIpc) is 2.48. The second-order valence-corrected chi connectivity index (χ2v) is 3.71. The maximum atomic E-state index is 4.40. The summed E-state index contributed by atoms with van der Waals surface area (Å²) in [6, 6.07) is 2.03. The van der Waals surface area contributed by atoms with Gasteiger partial charge in [0, 0.05) is 35.3 Å². The smallest absolute Gasteiger partial charge is 0.0485 e. The van der Waals surface area contributed by atoms with Gasteiger partial charge in [0.25, 0.3) is 0 Å². The average molecular weight is 174 g/mol. The van der Waals surface area contributed by atoms with Crippen LogP contribution in [0.3, 0.4) is 0 Å². The molecule has 1 N–H and O–H groups in total. The third kappa shape index (κ3) is 1.22. The normalized spacial score (nSPS) is 14.5. The lowest BCUT2D eigenvalue weighted by atomic mass is 10.0. The quantitative estimate of drug-likeness (QED) is 0.706. The molecule has 0 radical (unpaired) electrons. The van der Waals surface area contributed by atoms with Crippen molar-refractivity contribution in [3.63, 3.8) is 0 Å². The van der Waals surface area contributed by atoms with Gasteiger partial charge in [0.1, 0.15) is 0 Å². The van der Waals surface area contributed by atoms with Crippen molar-refractivity contribution in [1.29, 1.82) is 0 Å². The minimum Gasteiger partial charge on any atom is -0.381 e. The van der Waals surface area contributed by atoms with E-state index in [-0.39, 0.29) is 0 Å². The van der Waals surface area contributed by atoms with E-state index in [2.05, 4.69) is 30.7 Å². The molecule has 0 spiro atoms. The van der Waals surface area contributed by atoms with Gasteiger partial charge in [-0.25, -0.2) is 0 Å². The highest BCUT2D eigenvalue weighted by atomic mass is 14.9. The van der Waals surface area contributed by atoms with Crippen LogP contribution in [0.25, 0.3) is 5.70 Å². The second kappa shape index (κ2) is 2.87. The summed E-state index contributed by atoms with van der Waals surface area (Å²) < 4.78 is 0. The molecule has 0 saturated heterocycles. The van der Waals surface area contributed by atoms with Crippen molar-refractivity contribution in [1.82, 2.24) is 10.3 Å². The molecule has 0 atom stereocenters. The van der Waals surface area contributed by atoms with Gasteiger partial charge in [-0.2, -0.15) is 0 Å². The summed E-state index contributed by atoms with van der Waals surface area (Å²) in [6.07, 6.45) is 1.87. The Hall–Kier alpha value is -1.31. The fourth-order valence-electron chi connectivity index (χ4n) is 1.76. The number of pyridine rings is 1. The van der Waals surface area contributed by atoms with Crippen LogP contribution in [-0.2, 0) is 6.54 Å². The number of fused-ring (bicyclic) bond motifs is 1. The Morgan fingerprint density at radius 1 is 1.54 bits per heavy atom. The number of aromatic nitrogens is 1. The Bertz CT molecular complexity index is 353. The minimum absolute atomic E-state index is 0.489. The lowest BCUT2D eigenvalue weighted by Gasteiger charge is -2.08. The van der Waals surface area contributed by atoms with E-state index in [0.29, 0.717) is 5.92 Å². The van der Waals surface area contributed by atoms with E-state index in [9.17, 15) is 0 Å². The van der Waals surface area contributed by atoms with E-state index in [1.165, 1.54) is 16.8 Å². The molecule has 2 rings (SSSR count). The van der Waals surface area contributed by atoms with Gasteiger partial charge in [0.2, 0.25) is 0 Å². The Labute approximate surface area is 78.7 Å². The summed E-state index contributed by atoms with van der Waals surface area (Å²) in [5, 5.41) is 3.25. The van der Waals surface area contributed by atoms with Crippen LogP contribution < -0.4 is 5.32 Å². The van der Waals surface area contributed by atoms with Crippen LogP contribution in [0.1, 0.15) is 36.6 Å². The SMILES string of the molecule is C=C1NCc2c1ccnc2C(C)C. The van der Waals surface area contributed by atoms with Crippen LogP contribution in [-0.4, -0.2) is 4.98 Å². The van der Waals surface area contributed by atoms with E-state index in [0.717, 1.165) is 12.2 Å². The molecule has 1 aromatic heterocycles. The summed E-state index contributed by atoms with van der Waals surface area (Å²) in [4.78, 5) is 4.40. The molecule has 0 unspecified atom stereocenters. The first-order valence-electron chi connectivity index (χ1n) is 4.61. The van der Waals surface area contributed by atoms with Crippen molar-refractivity contribution in [2.24, 2.45) is 0 Å². The lowest BCUT2D eigenvalue weighted by Crippen LogP contribution is -2.02. The molecule has 0 fully saturated rings. The first kappa shape index (κ1) is 8.30. The van der Waals surface area contributed by atoms with E-state index >= 15 is 0 Å². The Morgan fingerprint density at radius 2 is 2.31 bits per heavy atom. The van der Waals surface area contributed by atoms with E-state index in [4.69, 9.17) is 0 Å². The van der Waals surface area contributed by atoms with Gasteiger partial charge in [-0.15, -0.1) is 0 Å². The lowest BCUT2D eigenvalue weighted by molar-refractivity contribution is 0.790. The minimum atomic E-state index is 0.489. The van der Waals surface area contributed by atoms with E-state index in [1.54, 1.807) is 0 Å². The van der Waals surface area contributed by atoms with Crippen LogP contribution in [0.4, 0.5) is 0 Å². The number of hydrogen-bond donors (Lipinski definition) is 1. The zero-order valence-corrected chi connectivity index (χ0v) is 8.09. The van der Waals surface area contributed by atoms with Gasteiger partial charge >= 0.3 is 0 Å². The van der Waals surface area contributed by atoms with Crippen molar-refractivity contribution in [3.05, 3.63) is 35.7 Å². The highest BCUT2D eigenvalue weighted by molar-refractivity contribution is 5.69. The zero-order valence-electron chi connectivity index (χ0n) is 8.09. The summed E-state index contributed by atoms with van der Waals surface area (Å²) in [5.74, 6) is 0.489. The third-order valence-electron chi connectivity index (χ3n) is 2.44. The van der Waals surface area contributed by atoms with Gasteiger partial charge in [0.05, 0.1) is 0 Å². The molecule has 1 aliphatic rings. The van der Waals surface area contributed by atoms with Crippen LogP contribution in [0.5, 0.6) is 0 Å². The first-order chi connectivity index (χ1) is 6.20. The predicted molar refractivity (Wildman–Crippen MR) is 54.2 cm³/mol. The number of hydrogen-bond acceptors (Lipinski definition) is 2. The van der Waals surface area contributed by atoms with Gasteiger partial charge in [-0.1, -0.05) is 20.4 Å². The Kier molecular flexibility index (Phi) is 1.83. The molecule has 2 heteroatoms. The fourth-order valence-corrected chi connectivity index (χ4v) is 1.76. The summed E-state index contributed by atoms with van der Waals surface area (Å²) in [6.45, 7) is 9.18. The molecule has 0 bridgehead atoms. The summed E-state index contributed by atoms with van der Waals surface area (Å²) in [5.41, 5.74) is 4.78. The van der Waals surface area contributed by atoms with Crippen LogP contribution in [0.2, 0.25) is 0 Å². The molecule has 0 amide bonds. The second-order valence-electron chi connectivity index (χ2n) is 3.71. The molecule has 68 valence electrons. The van der Waals surface area contributed by atoms with Gasteiger partial charge < -0.3 is 5.32 Å². The number of nitrogens with zero attached hydrogens (tertiary/aromatic N) is 1. The summed E-state index contributed by atoms with van der Waals surface area (Å²) >= 11 is 0. The maximum absolute atomic E-state index is 4.40.